The molecule has 0 N–H and O–H groups in total. The Morgan fingerprint density at radius 2 is 1.12 bits per heavy atom. The van der Waals surface area contributed by atoms with Crippen LogP contribution >= 0.6 is 0 Å². The van der Waals surface area contributed by atoms with Gasteiger partial charge in [0.1, 0.15) is 0 Å². The fraction of sp³-hybridized carbons (Fsp3) is 0.833. The Hall–Kier alpha value is 0.893. The van der Waals surface area contributed by atoms with Crippen LogP contribution in [0.1, 0.15) is 0 Å². The normalized spacial score (nSPS) is 9.00. The molecule has 1 radical (unpaired) electrons. The molecule has 0 spiro atoms. The van der Waals surface area contributed by atoms with Gasteiger partial charge in [0.05, 0.1) is 12.5 Å². The molecule has 0 aliphatic carbocycles. The van der Waals surface area contributed by atoms with Crippen LogP contribution in [-0.2, 0) is 10.9 Å². The predicted molar refractivity (Wildman–Crippen MR) is 47.9 cm³/mol. The molecular formula is C6H17GeS. The summed E-state index contributed by atoms with van der Waals surface area (Å²) in [4.78, 5) is 0. The zero-order valence-electron chi connectivity index (χ0n) is 6.62. The average molecular weight is 194 g/mol. The molecule has 0 nitrogen and oxygen atoms in total. The molecule has 0 aliphatic rings. The molecule has 0 saturated heterocycles. The number of hydrogen-bond acceptors (Lipinski definition) is 0. The molecule has 0 aromatic heterocycles. The van der Waals surface area contributed by atoms with Crippen molar-refractivity contribution >= 4 is 25.2 Å². The fourth-order valence-corrected chi connectivity index (χ4v) is 0. The van der Waals surface area contributed by atoms with Crippen molar-refractivity contribution in [2.24, 2.45) is 0 Å². The predicted octanol–water partition coefficient (Wildman–Crippen LogP) is 2.03. The van der Waals surface area contributed by atoms with Gasteiger partial charge in [0.15, 0.2) is 0 Å². The molecule has 2 heteroatoms. The maximum absolute atomic E-state index is 3.67. The molecule has 0 aliphatic heterocycles. The molecule has 0 aromatic carbocycles. The Morgan fingerprint density at radius 3 is 1.12 bits per heavy atom. The summed E-state index contributed by atoms with van der Waals surface area (Å²) in [5.41, 5.74) is 0. The summed E-state index contributed by atoms with van der Waals surface area (Å²) in [5, 5.41) is 0. The second-order valence-electron chi connectivity index (χ2n) is 2.49. The Kier molecular flexibility index (Phi) is 11.5. The van der Waals surface area contributed by atoms with Gasteiger partial charge in [-0.3, -0.25) is 0 Å². The maximum atomic E-state index is 3.67. The summed E-state index contributed by atoms with van der Waals surface area (Å²) in [6, 6.07) is 0. The molecule has 0 aromatic rings. The van der Waals surface area contributed by atoms with Crippen LogP contribution < -0.4 is 0 Å². The van der Waals surface area contributed by atoms with E-state index in [0.717, 1.165) is 0 Å². The van der Waals surface area contributed by atoms with Gasteiger partial charge in [-0.05, 0) is 0 Å². The second-order valence-corrected chi connectivity index (χ2v) is 10.8. The topological polar surface area (TPSA) is 0 Å². The Labute approximate surface area is 61.5 Å². The van der Waals surface area contributed by atoms with Crippen LogP contribution in [0.5, 0.6) is 0 Å². The van der Waals surface area contributed by atoms with Gasteiger partial charge in [0, 0.05) is 0 Å². The van der Waals surface area contributed by atoms with Gasteiger partial charge in [-0.1, -0.05) is 0 Å². The monoisotopic (exact) mass is 195 g/mol. The van der Waals surface area contributed by atoms with Gasteiger partial charge in [0.25, 0.3) is 0 Å². The standard InChI is InChI=1S/C3H9Ge.C3H8S/c2*1-4(2)3/h1-3H3;1H2,2-3H3. The van der Waals surface area contributed by atoms with E-state index >= 15 is 0 Å². The summed E-state index contributed by atoms with van der Waals surface area (Å²) in [6.45, 7) is 0. The molecule has 0 atom stereocenters. The Balaban J connectivity index is 0. The summed E-state index contributed by atoms with van der Waals surface area (Å²) in [7, 11) is 0.389. The van der Waals surface area contributed by atoms with Crippen molar-refractivity contribution in [1.29, 1.82) is 0 Å². The Bertz CT molecular complexity index is 24.0. The second kappa shape index (κ2) is 7.89. The zero-order chi connectivity index (χ0) is 7.15. The van der Waals surface area contributed by atoms with Crippen molar-refractivity contribution in [3.8, 4) is 0 Å². The molecule has 0 bridgehead atoms. The first kappa shape index (κ1) is 11.7. The van der Waals surface area contributed by atoms with Gasteiger partial charge < -0.3 is 0 Å². The first-order valence-corrected chi connectivity index (χ1v) is 11.1. The summed E-state index contributed by atoms with van der Waals surface area (Å²) >= 11 is -0.333. The quantitative estimate of drug-likeness (QED) is 0.314. The van der Waals surface area contributed by atoms with E-state index in [9.17, 15) is 0 Å². The van der Waals surface area contributed by atoms with E-state index in [1.165, 1.54) is 0 Å². The minimum absolute atomic E-state index is 0.333. The summed E-state index contributed by atoms with van der Waals surface area (Å²) < 4.78 is 0. The van der Waals surface area contributed by atoms with Crippen molar-refractivity contribution < 1.29 is 0 Å². The van der Waals surface area contributed by atoms with Crippen molar-refractivity contribution in [1.82, 2.24) is 0 Å². The average Bonchev–Trinajstić information content (AvgIpc) is 1.25. The van der Waals surface area contributed by atoms with Gasteiger partial charge in [-0.2, -0.15) is 10.9 Å². The van der Waals surface area contributed by atoms with Gasteiger partial charge >= 0.3 is 31.6 Å². The summed E-state index contributed by atoms with van der Waals surface area (Å²) in [5.74, 6) is 7.00. The molecule has 8 heavy (non-hydrogen) atoms. The molecule has 0 heterocycles. The third kappa shape index (κ3) is 300. The van der Waals surface area contributed by atoms with Crippen LogP contribution in [0.15, 0.2) is 0 Å². The van der Waals surface area contributed by atoms with Crippen LogP contribution in [0, 0.1) is 6.26 Å². The van der Waals surface area contributed by atoms with Crippen LogP contribution in [0.25, 0.3) is 0 Å². The minimum atomic E-state index is -0.333. The zero-order valence-corrected chi connectivity index (χ0v) is 9.53. The fourth-order valence-electron chi connectivity index (χ4n) is 0. The van der Waals surface area contributed by atoms with E-state index in [2.05, 4.69) is 36.0 Å². The van der Waals surface area contributed by atoms with E-state index in [-0.39, 0.29) is 14.3 Å². The molecule has 0 fully saturated rings. The van der Waals surface area contributed by atoms with E-state index < -0.39 is 0 Å². The van der Waals surface area contributed by atoms with Crippen molar-refractivity contribution in [2.75, 3.05) is 12.5 Å². The number of rotatable bonds is 0. The molecule has 0 saturated carbocycles. The van der Waals surface area contributed by atoms with Crippen LogP contribution in [-0.4, -0.2) is 26.9 Å². The third-order valence-electron chi connectivity index (χ3n) is 0. The molecular weight excluding hydrogens is 177 g/mol. The van der Waals surface area contributed by atoms with Crippen molar-refractivity contribution in [2.45, 2.75) is 17.3 Å². The van der Waals surface area contributed by atoms with Gasteiger partial charge in [0.2, 0.25) is 0 Å². The first-order chi connectivity index (χ1) is 3.46. The van der Waals surface area contributed by atoms with E-state index in [1.54, 1.807) is 0 Å². The van der Waals surface area contributed by atoms with Crippen LogP contribution in [0.3, 0.4) is 0 Å². The van der Waals surface area contributed by atoms with Gasteiger partial charge in [-0.15, -0.1) is 6.26 Å². The molecule has 0 amide bonds. The van der Waals surface area contributed by atoms with E-state index in [0.29, 0.717) is 10.9 Å². The van der Waals surface area contributed by atoms with E-state index in [4.69, 9.17) is 0 Å². The number of hydrogen-bond donors (Lipinski definition) is 0. The Morgan fingerprint density at radius 1 is 1.12 bits per heavy atom. The molecule has 0 rings (SSSR count). The van der Waals surface area contributed by atoms with Crippen LogP contribution in [0.4, 0.5) is 0 Å². The van der Waals surface area contributed by atoms with Crippen molar-refractivity contribution in [3.63, 3.8) is 0 Å². The molecule has 51 valence electrons. The van der Waals surface area contributed by atoms with Gasteiger partial charge in [-0.25, -0.2) is 0 Å². The third-order valence-corrected chi connectivity index (χ3v) is 0. The van der Waals surface area contributed by atoms with Crippen molar-refractivity contribution in [3.05, 3.63) is 6.26 Å². The molecule has 0 unspecified atom stereocenters. The summed E-state index contributed by atoms with van der Waals surface area (Å²) in [6.07, 6.45) is 7.83. The SMILES string of the molecule is [CH2-][S+](C)C.[CH3][Ge]([CH3])[CH3]. The van der Waals surface area contributed by atoms with E-state index in [1.807, 2.05) is 0 Å². The van der Waals surface area contributed by atoms with Crippen LogP contribution in [0.2, 0.25) is 17.3 Å². The first-order valence-electron chi connectivity index (χ1n) is 2.61.